The van der Waals surface area contributed by atoms with Crippen molar-refractivity contribution in [3.8, 4) is 5.82 Å². The molecule has 8 heteroatoms. The molecule has 0 saturated carbocycles. The Kier molecular flexibility index (Phi) is 2.47. The fourth-order valence-corrected chi connectivity index (χ4v) is 1.42. The van der Waals surface area contributed by atoms with E-state index in [1.165, 1.54) is 10.9 Å². The number of aryl methyl sites for hydroxylation is 1. The molecule has 8 nitrogen and oxygen atoms in total. The van der Waals surface area contributed by atoms with Crippen molar-refractivity contribution in [2.45, 2.75) is 13.8 Å². The van der Waals surface area contributed by atoms with Gasteiger partial charge in [-0.1, -0.05) is 0 Å². The van der Waals surface area contributed by atoms with E-state index in [2.05, 4.69) is 20.3 Å². The number of carboxylic acids is 1. The molecule has 2 rings (SSSR count). The predicted molar refractivity (Wildman–Crippen MR) is 56.2 cm³/mol. The molecule has 0 atom stereocenters. The Morgan fingerprint density at radius 2 is 2.18 bits per heavy atom. The third-order valence-corrected chi connectivity index (χ3v) is 2.29. The monoisotopic (exact) mass is 235 g/mol. The van der Waals surface area contributed by atoms with Gasteiger partial charge in [0.25, 0.3) is 0 Å². The van der Waals surface area contributed by atoms with Crippen molar-refractivity contribution in [1.29, 1.82) is 0 Å². The normalized spacial score (nSPS) is 10.5. The molecule has 2 aromatic heterocycles. The van der Waals surface area contributed by atoms with Crippen LogP contribution in [0.5, 0.6) is 0 Å². The van der Waals surface area contributed by atoms with E-state index in [4.69, 9.17) is 5.11 Å². The van der Waals surface area contributed by atoms with Gasteiger partial charge in [0.05, 0.1) is 11.9 Å². The number of carboxylic acid groups (broad SMARTS) is 1. The number of aromatic carboxylic acids is 1. The first-order chi connectivity index (χ1) is 8.00. The Morgan fingerprint density at radius 3 is 2.76 bits per heavy atom. The van der Waals surface area contributed by atoms with E-state index >= 15 is 0 Å². The van der Waals surface area contributed by atoms with Gasteiger partial charge in [-0.3, -0.25) is 0 Å². The molecule has 0 aliphatic rings. The van der Waals surface area contributed by atoms with E-state index in [1.54, 1.807) is 13.8 Å². The molecule has 0 spiro atoms. The molecule has 0 bridgehead atoms. The highest BCUT2D eigenvalue weighted by atomic mass is 16.4. The molecule has 0 fully saturated rings. The van der Waals surface area contributed by atoms with Gasteiger partial charge in [-0.05, 0) is 13.8 Å². The van der Waals surface area contributed by atoms with Crippen LogP contribution >= 0.6 is 0 Å². The number of carbonyl (C=O) groups is 1. The van der Waals surface area contributed by atoms with Gasteiger partial charge in [-0.15, -0.1) is 0 Å². The summed E-state index contributed by atoms with van der Waals surface area (Å²) < 4.78 is 1.28. The van der Waals surface area contributed by atoms with Crippen LogP contribution in [-0.4, -0.2) is 36.0 Å². The Labute approximate surface area is 94.9 Å². The Morgan fingerprint density at radius 1 is 1.47 bits per heavy atom. The quantitative estimate of drug-likeness (QED) is 0.736. The number of aromatic nitrogens is 5. The zero-order chi connectivity index (χ0) is 12.6. The average Bonchev–Trinajstić information content (AvgIpc) is 2.64. The maximum absolute atomic E-state index is 11.1. The molecule has 2 aromatic rings. The molecule has 2 heterocycles. The summed E-state index contributed by atoms with van der Waals surface area (Å²) in [6.07, 6.45) is 1.21. The Balaban J connectivity index is 2.65. The largest absolute Gasteiger partial charge is 0.478 e. The summed E-state index contributed by atoms with van der Waals surface area (Å²) in [5, 5.41) is 18.7. The summed E-state index contributed by atoms with van der Waals surface area (Å²) in [5.74, 6) is -0.858. The number of hydrogen-bond acceptors (Lipinski definition) is 5. The molecule has 0 aliphatic carbocycles. The molecule has 0 saturated heterocycles. The van der Waals surface area contributed by atoms with Crippen LogP contribution in [0.1, 0.15) is 21.7 Å². The molecule has 2 N–H and O–H groups in total. The molecule has 0 radical (unpaired) electrons. The fraction of sp³-hybridized carbons (Fsp3) is 0.222. The van der Waals surface area contributed by atoms with E-state index < -0.39 is 11.7 Å². The highest BCUT2D eigenvalue weighted by molar-refractivity contribution is 5.88. The molecule has 0 aromatic carbocycles. The first-order valence-corrected chi connectivity index (χ1v) is 4.72. The number of H-pyrrole nitrogens is 1. The van der Waals surface area contributed by atoms with Crippen LogP contribution in [0.4, 0.5) is 0 Å². The van der Waals surface area contributed by atoms with Crippen molar-refractivity contribution >= 4 is 5.97 Å². The van der Waals surface area contributed by atoms with E-state index in [-0.39, 0.29) is 11.4 Å². The number of aromatic amines is 1. The predicted octanol–water partition coefficient (Wildman–Crippen LogP) is -0.334. The maximum atomic E-state index is 11.1. The van der Waals surface area contributed by atoms with Gasteiger partial charge in [0.15, 0.2) is 5.82 Å². The van der Waals surface area contributed by atoms with Gasteiger partial charge in [-0.2, -0.15) is 15.2 Å². The number of rotatable bonds is 2. The van der Waals surface area contributed by atoms with Gasteiger partial charge >= 0.3 is 11.7 Å². The minimum Gasteiger partial charge on any atom is -0.478 e. The second-order valence-corrected chi connectivity index (χ2v) is 3.41. The fourth-order valence-electron chi connectivity index (χ4n) is 1.42. The summed E-state index contributed by atoms with van der Waals surface area (Å²) in [7, 11) is 0. The second kappa shape index (κ2) is 3.81. The van der Waals surface area contributed by atoms with Crippen LogP contribution in [0.2, 0.25) is 0 Å². The van der Waals surface area contributed by atoms with Crippen molar-refractivity contribution in [3.05, 3.63) is 33.6 Å². The topological polar surface area (TPSA) is 114 Å². The number of nitrogens with zero attached hydrogens (tertiary/aromatic N) is 4. The summed E-state index contributed by atoms with van der Waals surface area (Å²) in [6, 6.07) is 0. The lowest BCUT2D eigenvalue weighted by Gasteiger charge is -2.04. The maximum Gasteiger partial charge on any atom is 0.363 e. The zero-order valence-corrected chi connectivity index (χ0v) is 9.13. The van der Waals surface area contributed by atoms with Gasteiger partial charge in [0, 0.05) is 0 Å². The Hall–Kier alpha value is -2.51. The van der Waals surface area contributed by atoms with Crippen molar-refractivity contribution in [2.24, 2.45) is 0 Å². The lowest BCUT2D eigenvalue weighted by molar-refractivity contribution is 0.0696. The summed E-state index contributed by atoms with van der Waals surface area (Å²) >= 11 is 0. The van der Waals surface area contributed by atoms with Gasteiger partial charge in [0.1, 0.15) is 11.3 Å². The van der Waals surface area contributed by atoms with E-state index in [0.29, 0.717) is 11.4 Å². The van der Waals surface area contributed by atoms with Crippen LogP contribution in [0.15, 0.2) is 11.0 Å². The summed E-state index contributed by atoms with van der Waals surface area (Å²) in [6.45, 7) is 3.22. The van der Waals surface area contributed by atoms with Crippen LogP contribution < -0.4 is 5.69 Å². The first kappa shape index (κ1) is 11.0. The highest BCUT2D eigenvalue weighted by Gasteiger charge is 2.16. The minimum absolute atomic E-state index is 0.0616. The second-order valence-electron chi connectivity index (χ2n) is 3.41. The standard InChI is InChI=1S/C9H9N5O3/c1-4-7(11-9(17)13-12-4)14-5(2)6(3-10-14)8(15)16/h3H,1-2H3,(H,15,16)(H,11,13,17). The lowest BCUT2D eigenvalue weighted by Crippen LogP contribution is -2.19. The summed E-state index contributed by atoms with van der Waals surface area (Å²) in [5.41, 5.74) is 0.289. The van der Waals surface area contributed by atoms with E-state index in [0.717, 1.165) is 0 Å². The van der Waals surface area contributed by atoms with Crippen LogP contribution in [0, 0.1) is 13.8 Å². The minimum atomic E-state index is -1.08. The van der Waals surface area contributed by atoms with E-state index in [1.807, 2.05) is 0 Å². The Bertz CT molecular complexity index is 642. The smallest absolute Gasteiger partial charge is 0.363 e. The van der Waals surface area contributed by atoms with Crippen molar-refractivity contribution < 1.29 is 9.90 Å². The highest BCUT2D eigenvalue weighted by Crippen LogP contribution is 2.12. The van der Waals surface area contributed by atoms with Gasteiger partial charge < -0.3 is 5.11 Å². The number of hydrogen-bond donors (Lipinski definition) is 2. The molecule has 88 valence electrons. The zero-order valence-electron chi connectivity index (χ0n) is 9.13. The number of nitrogens with one attached hydrogen (secondary N) is 1. The summed E-state index contributed by atoms with van der Waals surface area (Å²) in [4.78, 5) is 25.7. The average molecular weight is 235 g/mol. The van der Waals surface area contributed by atoms with Crippen LogP contribution in [-0.2, 0) is 0 Å². The molecule has 0 amide bonds. The lowest BCUT2D eigenvalue weighted by atomic mass is 10.3. The van der Waals surface area contributed by atoms with Gasteiger partial charge in [-0.25, -0.2) is 19.4 Å². The third kappa shape index (κ3) is 1.80. The molecule has 0 aliphatic heterocycles. The molecule has 17 heavy (non-hydrogen) atoms. The SMILES string of the molecule is Cc1n[nH]c(=O)nc1-n1ncc(C(=O)O)c1C. The molecule has 0 unspecified atom stereocenters. The van der Waals surface area contributed by atoms with Crippen LogP contribution in [0.25, 0.3) is 5.82 Å². The van der Waals surface area contributed by atoms with E-state index in [9.17, 15) is 9.59 Å². The van der Waals surface area contributed by atoms with Crippen molar-refractivity contribution in [1.82, 2.24) is 25.0 Å². The van der Waals surface area contributed by atoms with Crippen molar-refractivity contribution in [2.75, 3.05) is 0 Å². The molecular weight excluding hydrogens is 226 g/mol. The molecular formula is C9H9N5O3. The van der Waals surface area contributed by atoms with Crippen LogP contribution in [0.3, 0.4) is 0 Å². The van der Waals surface area contributed by atoms with Crippen molar-refractivity contribution in [3.63, 3.8) is 0 Å². The third-order valence-electron chi connectivity index (χ3n) is 2.29. The first-order valence-electron chi connectivity index (χ1n) is 4.72. The van der Waals surface area contributed by atoms with Gasteiger partial charge in [0.2, 0.25) is 0 Å².